The fraction of sp³-hybridized carbons (Fsp3) is 0.154. The molecule has 4 rings (SSSR count). The first-order valence-electron chi connectivity index (χ1n) is 10.4. The molecule has 1 aliphatic rings. The van der Waals surface area contributed by atoms with Gasteiger partial charge in [0.15, 0.2) is 0 Å². The topological polar surface area (TPSA) is 71.5 Å². The summed E-state index contributed by atoms with van der Waals surface area (Å²) >= 11 is 3.41. The summed E-state index contributed by atoms with van der Waals surface area (Å²) in [6.45, 7) is 3.36. The zero-order valence-corrected chi connectivity index (χ0v) is 20.6. The van der Waals surface area contributed by atoms with E-state index in [0.29, 0.717) is 23.1 Å². The van der Waals surface area contributed by atoms with Crippen LogP contribution in [-0.2, 0) is 19.6 Å². The van der Waals surface area contributed by atoms with Crippen LogP contribution in [0.4, 0.5) is 5.69 Å². The number of carbonyl (C=O) groups excluding carboxylic acids is 2. The lowest BCUT2D eigenvalue weighted by Crippen LogP contribution is -2.35. The number of hydrogen-bond acceptors (Lipinski definition) is 4. The average Bonchev–Trinajstić information content (AvgIpc) is 2.79. The second kappa shape index (κ2) is 9.08. The van der Waals surface area contributed by atoms with E-state index in [9.17, 15) is 18.0 Å². The summed E-state index contributed by atoms with van der Waals surface area (Å²) in [5.41, 5.74) is 3.11. The Hall–Kier alpha value is -3.03. The highest BCUT2D eigenvalue weighted by molar-refractivity contribution is 9.10. The van der Waals surface area contributed by atoms with Crippen molar-refractivity contribution in [2.45, 2.75) is 31.1 Å². The highest BCUT2D eigenvalue weighted by Gasteiger charge is 2.40. The van der Waals surface area contributed by atoms with Crippen LogP contribution in [0.5, 0.6) is 0 Å². The molecule has 3 aromatic rings. The summed E-state index contributed by atoms with van der Waals surface area (Å²) in [7, 11) is -4.07. The zero-order valence-electron chi connectivity index (χ0n) is 18.2. The Morgan fingerprint density at radius 2 is 1.64 bits per heavy atom. The van der Waals surface area contributed by atoms with Crippen LogP contribution >= 0.6 is 15.9 Å². The predicted octanol–water partition coefficient (Wildman–Crippen LogP) is 5.64. The first-order chi connectivity index (χ1) is 15.7. The van der Waals surface area contributed by atoms with Crippen molar-refractivity contribution in [1.29, 1.82) is 0 Å². The van der Waals surface area contributed by atoms with Crippen LogP contribution in [0.15, 0.2) is 87.7 Å². The molecular weight excluding hydrogens is 502 g/mol. The lowest BCUT2D eigenvalue weighted by molar-refractivity contribution is -0.117. The highest BCUT2D eigenvalue weighted by Crippen LogP contribution is 2.48. The second-order valence-electron chi connectivity index (χ2n) is 8.03. The quantitative estimate of drug-likeness (QED) is 0.392. The molecule has 0 amide bonds. The van der Waals surface area contributed by atoms with Gasteiger partial charge in [-0.15, -0.1) is 0 Å². The van der Waals surface area contributed by atoms with E-state index in [-0.39, 0.29) is 28.4 Å². The number of carbonyl (C=O) groups is 2. The van der Waals surface area contributed by atoms with Gasteiger partial charge in [-0.25, -0.2) is 12.7 Å². The Morgan fingerprint density at radius 1 is 1.00 bits per heavy atom. The fourth-order valence-electron chi connectivity index (χ4n) is 4.14. The Labute approximate surface area is 201 Å². The summed E-state index contributed by atoms with van der Waals surface area (Å²) in [5.74, 6) is -0.626. The van der Waals surface area contributed by atoms with Crippen molar-refractivity contribution in [3.05, 3.63) is 99.5 Å². The van der Waals surface area contributed by atoms with Crippen LogP contribution in [0.2, 0.25) is 0 Å². The Balaban J connectivity index is 2.07. The number of Topliss-reactive ketones (excluding diaryl/α,β-unsaturated/α-hetero) is 1. The third kappa shape index (κ3) is 4.30. The summed E-state index contributed by atoms with van der Waals surface area (Å²) in [4.78, 5) is 24.7. The van der Waals surface area contributed by atoms with Gasteiger partial charge in [0, 0.05) is 22.4 Å². The van der Waals surface area contributed by atoms with Gasteiger partial charge < -0.3 is 0 Å². The van der Waals surface area contributed by atoms with Crippen LogP contribution in [-0.4, -0.2) is 20.5 Å². The van der Waals surface area contributed by atoms with E-state index in [1.165, 1.54) is 11.2 Å². The number of aldehydes is 1. The van der Waals surface area contributed by atoms with Gasteiger partial charge in [0.05, 0.1) is 16.3 Å². The van der Waals surface area contributed by atoms with E-state index >= 15 is 0 Å². The van der Waals surface area contributed by atoms with Crippen molar-refractivity contribution < 1.29 is 18.0 Å². The van der Waals surface area contributed by atoms with Gasteiger partial charge in [0.25, 0.3) is 10.0 Å². The van der Waals surface area contributed by atoms with Gasteiger partial charge in [-0.05, 0) is 55.3 Å². The maximum absolute atomic E-state index is 14.0. The van der Waals surface area contributed by atoms with E-state index in [1.54, 1.807) is 72.8 Å². The molecule has 0 aromatic heterocycles. The lowest BCUT2D eigenvalue weighted by atomic mass is 9.81. The minimum Gasteiger partial charge on any atom is -0.300 e. The predicted molar refractivity (Wildman–Crippen MR) is 132 cm³/mol. The van der Waals surface area contributed by atoms with Crippen molar-refractivity contribution >= 4 is 49.4 Å². The normalized spacial score (nSPS) is 15.8. The van der Waals surface area contributed by atoms with E-state index in [4.69, 9.17) is 0 Å². The molecule has 0 spiro atoms. The number of anilines is 1. The molecule has 5 nitrogen and oxygen atoms in total. The van der Waals surface area contributed by atoms with E-state index < -0.39 is 15.9 Å². The zero-order chi connectivity index (χ0) is 23.8. The van der Waals surface area contributed by atoms with Crippen LogP contribution in [0.25, 0.3) is 5.70 Å². The Kier molecular flexibility index (Phi) is 6.36. The number of allylic oxidation sites excluding steroid dienone is 1. The van der Waals surface area contributed by atoms with Crippen LogP contribution in [0.1, 0.15) is 36.0 Å². The molecule has 1 heterocycles. The van der Waals surface area contributed by atoms with Gasteiger partial charge in [0.1, 0.15) is 12.1 Å². The van der Waals surface area contributed by atoms with Crippen molar-refractivity contribution in [3.8, 4) is 0 Å². The molecule has 0 unspecified atom stereocenters. The number of fused-ring (bicyclic) bond motifs is 1. The first kappa shape index (κ1) is 23.1. The molecule has 0 radical (unpaired) electrons. The molecule has 7 heteroatoms. The number of nitrogens with zero attached hydrogens (tertiary/aromatic N) is 1. The standard InChI is InChI=1S/C26H22BrNO4S/c1-17-7-13-21(14-8-17)33(31,32)28-25-6-4-3-5-22(25)23(15-18(2)30)24(16-29)26(28)19-9-11-20(27)12-10-19/h3-14,16,23H,15H2,1-2H3/t23-/m1/s1. The number of aryl methyl sites for hydroxylation is 1. The molecule has 1 atom stereocenters. The number of ketones is 1. The van der Waals surface area contributed by atoms with Crippen molar-refractivity contribution in [1.82, 2.24) is 0 Å². The van der Waals surface area contributed by atoms with E-state index in [2.05, 4.69) is 15.9 Å². The number of hydrogen-bond donors (Lipinski definition) is 0. The molecule has 0 saturated carbocycles. The van der Waals surface area contributed by atoms with Gasteiger partial charge in [0.2, 0.25) is 0 Å². The lowest BCUT2D eigenvalue weighted by Gasteiger charge is -2.37. The van der Waals surface area contributed by atoms with Gasteiger partial charge in [-0.3, -0.25) is 9.59 Å². The molecule has 168 valence electrons. The van der Waals surface area contributed by atoms with Crippen LogP contribution < -0.4 is 4.31 Å². The second-order valence-corrected chi connectivity index (χ2v) is 10.7. The number of sulfonamides is 1. The number of halogens is 1. The number of para-hydroxylation sites is 1. The van der Waals surface area contributed by atoms with Crippen molar-refractivity contribution in [2.75, 3.05) is 4.31 Å². The summed E-state index contributed by atoms with van der Waals surface area (Å²) < 4.78 is 30.1. The van der Waals surface area contributed by atoms with E-state index in [0.717, 1.165) is 10.0 Å². The van der Waals surface area contributed by atoms with Crippen LogP contribution in [0, 0.1) is 6.92 Å². The highest BCUT2D eigenvalue weighted by atomic mass is 79.9. The maximum Gasteiger partial charge on any atom is 0.268 e. The fourth-order valence-corrected chi connectivity index (χ4v) is 5.97. The van der Waals surface area contributed by atoms with E-state index in [1.807, 2.05) is 6.92 Å². The molecule has 0 bridgehead atoms. The minimum absolute atomic E-state index is 0.0841. The molecule has 33 heavy (non-hydrogen) atoms. The molecule has 0 saturated heterocycles. The van der Waals surface area contributed by atoms with Crippen molar-refractivity contribution in [3.63, 3.8) is 0 Å². The molecule has 0 N–H and O–H groups in total. The molecule has 1 aliphatic heterocycles. The average molecular weight is 524 g/mol. The number of benzene rings is 3. The van der Waals surface area contributed by atoms with Gasteiger partial charge in [-0.2, -0.15) is 0 Å². The summed E-state index contributed by atoms with van der Waals surface area (Å²) in [6.07, 6.45) is 0.780. The van der Waals surface area contributed by atoms with Gasteiger partial charge >= 0.3 is 0 Å². The van der Waals surface area contributed by atoms with Crippen LogP contribution in [0.3, 0.4) is 0 Å². The number of rotatable bonds is 6. The summed E-state index contributed by atoms with van der Waals surface area (Å²) in [6, 6.07) is 20.8. The smallest absolute Gasteiger partial charge is 0.268 e. The minimum atomic E-state index is -4.07. The Morgan fingerprint density at radius 3 is 2.24 bits per heavy atom. The van der Waals surface area contributed by atoms with Crippen molar-refractivity contribution in [2.24, 2.45) is 0 Å². The summed E-state index contributed by atoms with van der Waals surface area (Å²) in [5, 5.41) is 0. The third-order valence-electron chi connectivity index (χ3n) is 5.68. The first-order valence-corrected chi connectivity index (χ1v) is 12.6. The molecule has 0 aliphatic carbocycles. The monoisotopic (exact) mass is 523 g/mol. The SMILES string of the molecule is CC(=O)C[C@H]1C(C=O)=C(c2ccc(Br)cc2)N(S(=O)(=O)c2ccc(C)cc2)c2ccccc21. The molecule has 0 fully saturated rings. The molecular formula is C26H22BrNO4S. The Bertz CT molecular complexity index is 1360. The maximum atomic E-state index is 14.0. The third-order valence-corrected chi connectivity index (χ3v) is 7.93. The van der Waals surface area contributed by atoms with Gasteiger partial charge in [-0.1, -0.05) is 64.0 Å². The molecule has 3 aromatic carbocycles. The largest absolute Gasteiger partial charge is 0.300 e.